The van der Waals surface area contributed by atoms with E-state index in [2.05, 4.69) is 15.3 Å². The van der Waals surface area contributed by atoms with Gasteiger partial charge < -0.3 is 10.1 Å². The average Bonchev–Trinajstić information content (AvgIpc) is 3.23. The number of amides is 1. The van der Waals surface area contributed by atoms with Crippen molar-refractivity contribution in [3.05, 3.63) is 69.8 Å². The number of carbonyl (C=O) groups excluding carboxylic acids is 1. The molecule has 1 N–H and O–H groups in total. The lowest BCUT2D eigenvalue weighted by Gasteiger charge is -2.08. The van der Waals surface area contributed by atoms with Crippen LogP contribution in [0.2, 0.25) is 0 Å². The fourth-order valence-corrected chi connectivity index (χ4v) is 4.91. The molecule has 8 nitrogen and oxygen atoms in total. The number of rotatable bonds is 7. The Labute approximate surface area is 191 Å². The molecule has 0 saturated heterocycles. The van der Waals surface area contributed by atoms with Gasteiger partial charge in [0.05, 0.1) is 29.2 Å². The number of ether oxygens (including phenoxy) is 1. The zero-order valence-electron chi connectivity index (χ0n) is 17.2. The number of nitrogens with zero attached hydrogens (tertiary/aromatic N) is 3. The van der Waals surface area contributed by atoms with Gasteiger partial charge in [0.25, 0.3) is 5.69 Å². The van der Waals surface area contributed by atoms with E-state index in [1.165, 1.54) is 54.2 Å². The molecule has 4 aromatic rings. The first kappa shape index (κ1) is 21.7. The molecule has 0 radical (unpaired) electrons. The number of nitro benzene ring substituents is 1. The summed E-state index contributed by atoms with van der Waals surface area (Å²) in [6.45, 7) is 2.03. The molecule has 2 aromatic carbocycles. The lowest BCUT2D eigenvalue weighted by atomic mass is 10.1. The monoisotopic (exact) mass is 466 g/mol. The molecule has 0 spiro atoms. The van der Waals surface area contributed by atoms with Crippen LogP contribution in [-0.4, -0.2) is 33.7 Å². The summed E-state index contributed by atoms with van der Waals surface area (Å²) < 4.78 is 5.02. The summed E-state index contributed by atoms with van der Waals surface area (Å²) in [6.07, 6.45) is 1.48. The molecule has 4 rings (SSSR count). The Morgan fingerprint density at radius 1 is 1.22 bits per heavy atom. The van der Waals surface area contributed by atoms with E-state index in [0.29, 0.717) is 10.8 Å². The van der Waals surface area contributed by atoms with E-state index in [4.69, 9.17) is 4.74 Å². The van der Waals surface area contributed by atoms with Crippen molar-refractivity contribution in [2.75, 3.05) is 18.2 Å². The predicted octanol–water partition coefficient (Wildman–Crippen LogP) is 5.31. The normalized spacial score (nSPS) is 10.8. The number of nitro groups is 1. The standard InChI is InChI=1S/C22H18N4O4S2/c1-13-3-5-14(6-4-13)16-10-31-21-20(16)22(24-12-23-21)32-11-19(27)25-17-8-7-15(30-2)9-18(17)26(28)29/h3-10,12H,11H2,1-2H3,(H,25,27). The van der Waals surface area contributed by atoms with E-state index in [-0.39, 0.29) is 23.0 Å². The summed E-state index contributed by atoms with van der Waals surface area (Å²) in [6, 6.07) is 12.5. The second-order valence-corrected chi connectivity index (χ2v) is 8.67. The molecule has 0 aliphatic carbocycles. The third-order valence-corrected chi connectivity index (χ3v) is 6.59. The number of benzene rings is 2. The van der Waals surface area contributed by atoms with E-state index < -0.39 is 4.92 Å². The number of thiophene rings is 1. The Bertz CT molecular complexity index is 1310. The molecule has 0 saturated carbocycles. The van der Waals surface area contributed by atoms with Gasteiger partial charge in [-0.05, 0) is 24.6 Å². The van der Waals surface area contributed by atoms with Crippen LogP contribution >= 0.6 is 23.1 Å². The minimum Gasteiger partial charge on any atom is -0.496 e. The fourth-order valence-electron chi connectivity index (χ4n) is 3.12. The van der Waals surface area contributed by atoms with E-state index in [9.17, 15) is 14.9 Å². The maximum Gasteiger partial charge on any atom is 0.296 e. The number of hydrogen-bond acceptors (Lipinski definition) is 8. The molecule has 0 atom stereocenters. The summed E-state index contributed by atoms with van der Waals surface area (Å²) in [7, 11) is 1.42. The number of nitrogens with one attached hydrogen (secondary N) is 1. The Kier molecular flexibility index (Phi) is 6.33. The van der Waals surface area contributed by atoms with Gasteiger partial charge in [-0.25, -0.2) is 9.97 Å². The molecule has 2 aromatic heterocycles. The van der Waals surface area contributed by atoms with Crippen molar-refractivity contribution in [1.82, 2.24) is 9.97 Å². The SMILES string of the molecule is COc1ccc(NC(=O)CSc2ncnc3scc(-c4ccc(C)cc4)c23)c([N+](=O)[O-])c1. The van der Waals surface area contributed by atoms with Gasteiger partial charge in [0.1, 0.15) is 27.6 Å². The highest BCUT2D eigenvalue weighted by Crippen LogP contribution is 2.38. The van der Waals surface area contributed by atoms with Crippen molar-refractivity contribution in [2.24, 2.45) is 0 Å². The molecule has 0 aliphatic heterocycles. The number of aryl methyl sites for hydroxylation is 1. The van der Waals surface area contributed by atoms with Gasteiger partial charge in [-0.1, -0.05) is 41.6 Å². The summed E-state index contributed by atoms with van der Waals surface area (Å²) in [4.78, 5) is 32.9. The van der Waals surface area contributed by atoms with Crippen LogP contribution in [0.25, 0.3) is 21.3 Å². The second-order valence-electron chi connectivity index (χ2n) is 6.85. The summed E-state index contributed by atoms with van der Waals surface area (Å²) in [5.74, 6) is 0.00839. The maximum atomic E-state index is 12.6. The molecule has 0 bridgehead atoms. The third-order valence-electron chi connectivity index (χ3n) is 4.71. The molecule has 32 heavy (non-hydrogen) atoms. The summed E-state index contributed by atoms with van der Waals surface area (Å²) in [5, 5.41) is 17.6. The lowest BCUT2D eigenvalue weighted by molar-refractivity contribution is -0.384. The molecule has 0 unspecified atom stereocenters. The van der Waals surface area contributed by atoms with Crippen LogP contribution in [0.4, 0.5) is 11.4 Å². The van der Waals surface area contributed by atoms with Crippen molar-refractivity contribution >= 4 is 50.6 Å². The van der Waals surface area contributed by atoms with Crippen LogP contribution in [0.1, 0.15) is 5.56 Å². The number of anilines is 1. The van der Waals surface area contributed by atoms with Gasteiger partial charge in [-0.3, -0.25) is 14.9 Å². The molecule has 10 heteroatoms. The highest BCUT2D eigenvalue weighted by atomic mass is 32.2. The predicted molar refractivity (Wildman–Crippen MR) is 127 cm³/mol. The number of hydrogen-bond donors (Lipinski definition) is 1. The maximum absolute atomic E-state index is 12.6. The summed E-state index contributed by atoms with van der Waals surface area (Å²) in [5.41, 5.74) is 3.12. The number of carbonyl (C=O) groups is 1. The average molecular weight is 467 g/mol. The minimum absolute atomic E-state index is 0.0402. The van der Waals surface area contributed by atoms with Crippen LogP contribution in [-0.2, 0) is 4.79 Å². The van der Waals surface area contributed by atoms with Crippen LogP contribution in [0.5, 0.6) is 5.75 Å². The molecular formula is C22H18N4O4S2. The zero-order valence-corrected chi connectivity index (χ0v) is 18.8. The van der Waals surface area contributed by atoms with Gasteiger partial charge in [0.2, 0.25) is 5.91 Å². The lowest BCUT2D eigenvalue weighted by Crippen LogP contribution is -2.15. The largest absolute Gasteiger partial charge is 0.496 e. The van der Waals surface area contributed by atoms with Gasteiger partial charge in [0, 0.05) is 10.9 Å². The first-order valence-corrected chi connectivity index (χ1v) is 11.4. The molecule has 1 amide bonds. The first-order valence-electron chi connectivity index (χ1n) is 9.50. The van der Waals surface area contributed by atoms with Crippen LogP contribution in [0.15, 0.2) is 59.2 Å². The number of thioether (sulfide) groups is 1. The van der Waals surface area contributed by atoms with Crippen LogP contribution < -0.4 is 10.1 Å². The molecular weight excluding hydrogens is 448 g/mol. The van der Waals surface area contributed by atoms with E-state index in [1.54, 1.807) is 6.07 Å². The van der Waals surface area contributed by atoms with Crippen molar-refractivity contribution in [2.45, 2.75) is 11.9 Å². The van der Waals surface area contributed by atoms with Gasteiger partial charge in [0.15, 0.2) is 0 Å². The van der Waals surface area contributed by atoms with Crippen LogP contribution in [0.3, 0.4) is 0 Å². The Morgan fingerprint density at radius 3 is 2.72 bits per heavy atom. The van der Waals surface area contributed by atoms with Crippen molar-refractivity contribution in [3.8, 4) is 16.9 Å². The van der Waals surface area contributed by atoms with E-state index in [0.717, 1.165) is 21.3 Å². The van der Waals surface area contributed by atoms with Gasteiger partial charge >= 0.3 is 0 Å². The fraction of sp³-hybridized carbons (Fsp3) is 0.136. The van der Waals surface area contributed by atoms with E-state index >= 15 is 0 Å². The van der Waals surface area contributed by atoms with Crippen LogP contribution in [0, 0.1) is 17.0 Å². The summed E-state index contributed by atoms with van der Waals surface area (Å²) >= 11 is 2.79. The first-order chi connectivity index (χ1) is 15.5. The minimum atomic E-state index is -0.557. The molecule has 0 aliphatic rings. The highest BCUT2D eigenvalue weighted by molar-refractivity contribution is 8.00. The van der Waals surface area contributed by atoms with E-state index in [1.807, 2.05) is 36.6 Å². The molecule has 0 fully saturated rings. The highest BCUT2D eigenvalue weighted by Gasteiger charge is 2.19. The Balaban J connectivity index is 1.55. The van der Waals surface area contributed by atoms with Gasteiger partial charge in [-0.15, -0.1) is 11.3 Å². The molecule has 2 heterocycles. The number of methoxy groups -OCH3 is 1. The molecule has 162 valence electrons. The van der Waals surface area contributed by atoms with Crippen molar-refractivity contribution in [1.29, 1.82) is 0 Å². The Morgan fingerprint density at radius 2 is 2.00 bits per heavy atom. The smallest absolute Gasteiger partial charge is 0.296 e. The topological polar surface area (TPSA) is 107 Å². The van der Waals surface area contributed by atoms with Gasteiger partial charge in [-0.2, -0.15) is 0 Å². The quantitative estimate of drug-likeness (QED) is 0.170. The third kappa shape index (κ3) is 4.56. The Hall–Kier alpha value is -3.50. The van der Waals surface area contributed by atoms with Crippen molar-refractivity contribution < 1.29 is 14.5 Å². The van der Waals surface area contributed by atoms with Crippen molar-refractivity contribution in [3.63, 3.8) is 0 Å². The number of fused-ring (bicyclic) bond motifs is 1. The number of aromatic nitrogens is 2. The zero-order chi connectivity index (χ0) is 22.7. The second kappa shape index (κ2) is 9.33.